The topological polar surface area (TPSA) is 114 Å². The maximum absolute atomic E-state index is 12.1. The molecule has 8 nitrogen and oxygen atoms in total. The summed E-state index contributed by atoms with van der Waals surface area (Å²) in [7, 11) is -3.98. The Morgan fingerprint density at radius 3 is 2.86 bits per heavy atom. The highest BCUT2D eigenvalue weighted by Crippen LogP contribution is 2.20. The van der Waals surface area contributed by atoms with Gasteiger partial charge in [-0.05, 0) is 25.5 Å². The van der Waals surface area contributed by atoms with E-state index in [1.165, 1.54) is 12.3 Å². The van der Waals surface area contributed by atoms with Crippen molar-refractivity contribution in [1.29, 1.82) is 0 Å². The Balaban J connectivity index is 0.00000220. The second-order valence-corrected chi connectivity index (χ2v) is 6.27. The van der Waals surface area contributed by atoms with Gasteiger partial charge in [-0.2, -0.15) is 0 Å². The van der Waals surface area contributed by atoms with Gasteiger partial charge in [0.1, 0.15) is 0 Å². The fourth-order valence-electron chi connectivity index (χ4n) is 2.11. The van der Waals surface area contributed by atoms with Gasteiger partial charge < -0.3 is 5.32 Å². The van der Waals surface area contributed by atoms with Crippen LogP contribution in [0.3, 0.4) is 0 Å². The predicted octanol–water partition coefficient (Wildman–Crippen LogP) is 0.832. The van der Waals surface area contributed by atoms with Crippen LogP contribution in [0, 0.1) is 10.1 Å². The molecule has 0 spiro atoms. The summed E-state index contributed by atoms with van der Waals surface area (Å²) < 4.78 is 26.6. The van der Waals surface area contributed by atoms with Crippen LogP contribution in [-0.2, 0) is 10.0 Å². The van der Waals surface area contributed by atoms with Gasteiger partial charge in [0.2, 0.25) is 5.03 Å². The monoisotopic (exact) mass is 336 g/mol. The molecule has 1 aromatic rings. The lowest BCUT2D eigenvalue weighted by atomic mass is 10.1. The van der Waals surface area contributed by atoms with Crippen molar-refractivity contribution >= 4 is 28.1 Å². The molecule has 21 heavy (non-hydrogen) atoms. The fraction of sp³-hybridized carbons (Fsp3) is 0.545. The number of piperidine rings is 1. The standard InChI is InChI=1S/C11H16N4O4S.ClH/c16-15(17)10-5-3-7-13-11(10)20(18,19)14-8-9-4-1-2-6-12-9;/h3,5,7,9,12,14H,1-2,4,6,8H2;1H. The van der Waals surface area contributed by atoms with E-state index >= 15 is 0 Å². The number of pyridine rings is 1. The average molecular weight is 337 g/mol. The van der Waals surface area contributed by atoms with Gasteiger partial charge in [0, 0.05) is 24.8 Å². The summed E-state index contributed by atoms with van der Waals surface area (Å²) >= 11 is 0. The molecule has 0 aliphatic carbocycles. The van der Waals surface area contributed by atoms with Crippen molar-refractivity contribution in [2.45, 2.75) is 30.3 Å². The minimum absolute atomic E-state index is 0. The summed E-state index contributed by atoms with van der Waals surface area (Å²) in [4.78, 5) is 13.7. The number of nitrogens with zero attached hydrogens (tertiary/aromatic N) is 2. The number of hydrogen-bond acceptors (Lipinski definition) is 6. The molecule has 0 aromatic carbocycles. The van der Waals surface area contributed by atoms with Gasteiger partial charge in [0.25, 0.3) is 10.0 Å². The summed E-state index contributed by atoms with van der Waals surface area (Å²) in [6.07, 6.45) is 4.23. The van der Waals surface area contributed by atoms with E-state index in [9.17, 15) is 18.5 Å². The number of rotatable bonds is 5. The SMILES string of the molecule is Cl.O=[N+]([O-])c1cccnc1S(=O)(=O)NCC1CCCCN1. The van der Waals surface area contributed by atoms with Crippen molar-refractivity contribution in [3.8, 4) is 0 Å². The molecule has 1 fully saturated rings. The molecule has 1 aliphatic rings. The Labute approximate surface area is 129 Å². The van der Waals surface area contributed by atoms with Crippen molar-refractivity contribution in [3.05, 3.63) is 28.4 Å². The molecule has 1 unspecified atom stereocenters. The van der Waals surface area contributed by atoms with Crippen molar-refractivity contribution < 1.29 is 13.3 Å². The van der Waals surface area contributed by atoms with E-state index in [1.54, 1.807) is 0 Å². The van der Waals surface area contributed by atoms with Crippen LogP contribution >= 0.6 is 12.4 Å². The van der Waals surface area contributed by atoms with E-state index in [4.69, 9.17) is 0 Å². The zero-order chi connectivity index (χ0) is 14.6. The molecule has 0 radical (unpaired) electrons. The average Bonchev–Trinajstić information content (AvgIpc) is 2.46. The Bertz CT molecular complexity index is 590. The molecule has 1 aromatic heterocycles. The highest BCUT2D eigenvalue weighted by molar-refractivity contribution is 7.89. The Hall–Kier alpha value is -1.29. The number of hydrogen-bond donors (Lipinski definition) is 2. The number of nitro groups is 1. The van der Waals surface area contributed by atoms with E-state index in [-0.39, 0.29) is 25.0 Å². The predicted molar refractivity (Wildman–Crippen MR) is 79.0 cm³/mol. The van der Waals surface area contributed by atoms with Crippen LogP contribution in [0.1, 0.15) is 19.3 Å². The van der Waals surface area contributed by atoms with E-state index in [0.29, 0.717) is 0 Å². The summed E-state index contributed by atoms with van der Waals surface area (Å²) in [6, 6.07) is 2.52. The Kier molecular flexibility index (Phi) is 6.46. The summed E-state index contributed by atoms with van der Waals surface area (Å²) in [5.41, 5.74) is -0.517. The first-order valence-corrected chi connectivity index (χ1v) is 7.81. The molecule has 118 valence electrons. The van der Waals surface area contributed by atoms with Gasteiger partial charge in [0.05, 0.1) is 4.92 Å². The minimum atomic E-state index is -3.98. The first-order chi connectivity index (χ1) is 9.50. The van der Waals surface area contributed by atoms with Gasteiger partial charge in [-0.3, -0.25) is 10.1 Å². The molecular weight excluding hydrogens is 320 g/mol. The van der Waals surface area contributed by atoms with Gasteiger partial charge in [-0.1, -0.05) is 6.42 Å². The lowest BCUT2D eigenvalue weighted by Gasteiger charge is -2.23. The molecule has 0 bridgehead atoms. The van der Waals surface area contributed by atoms with E-state index in [0.717, 1.165) is 31.9 Å². The molecule has 1 atom stereocenters. The van der Waals surface area contributed by atoms with Crippen molar-refractivity contribution in [3.63, 3.8) is 0 Å². The molecule has 2 heterocycles. The van der Waals surface area contributed by atoms with Crippen LogP contribution in [-0.4, -0.2) is 37.5 Å². The molecule has 0 amide bonds. The third-order valence-corrected chi connectivity index (χ3v) is 4.50. The lowest BCUT2D eigenvalue weighted by molar-refractivity contribution is -0.388. The van der Waals surface area contributed by atoms with Gasteiger partial charge in [0.15, 0.2) is 0 Å². The van der Waals surface area contributed by atoms with Crippen molar-refractivity contribution in [2.24, 2.45) is 0 Å². The number of aromatic nitrogens is 1. The Morgan fingerprint density at radius 2 is 2.24 bits per heavy atom. The van der Waals surface area contributed by atoms with Crippen molar-refractivity contribution in [1.82, 2.24) is 15.0 Å². The van der Waals surface area contributed by atoms with Crippen LogP contribution < -0.4 is 10.0 Å². The first-order valence-electron chi connectivity index (χ1n) is 6.33. The molecule has 1 aliphatic heterocycles. The Morgan fingerprint density at radius 1 is 1.48 bits per heavy atom. The van der Waals surface area contributed by atoms with E-state index < -0.39 is 25.7 Å². The number of sulfonamides is 1. The molecule has 0 saturated carbocycles. The zero-order valence-corrected chi connectivity index (χ0v) is 12.8. The lowest BCUT2D eigenvalue weighted by Crippen LogP contribution is -2.43. The molecule has 10 heteroatoms. The van der Waals surface area contributed by atoms with Crippen LogP contribution in [0.25, 0.3) is 0 Å². The highest BCUT2D eigenvalue weighted by Gasteiger charge is 2.27. The third kappa shape index (κ3) is 4.60. The second kappa shape index (κ2) is 7.64. The number of nitrogens with one attached hydrogen (secondary N) is 2. The van der Waals surface area contributed by atoms with Gasteiger partial charge >= 0.3 is 5.69 Å². The minimum Gasteiger partial charge on any atom is -0.313 e. The van der Waals surface area contributed by atoms with Gasteiger partial charge in [-0.25, -0.2) is 18.1 Å². The smallest absolute Gasteiger partial charge is 0.308 e. The molecular formula is C11H17ClN4O4S. The first kappa shape index (κ1) is 17.8. The second-order valence-electron chi connectivity index (χ2n) is 4.58. The van der Waals surface area contributed by atoms with Crippen LogP contribution in [0.4, 0.5) is 5.69 Å². The quantitative estimate of drug-likeness (QED) is 0.608. The molecule has 1 saturated heterocycles. The van der Waals surface area contributed by atoms with Crippen LogP contribution in [0.2, 0.25) is 0 Å². The van der Waals surface area contributed by atoms with Gasteiger partial charge in [-0.15, -0.1) is 12.4 Å². The summed E-state index contributed by atoms with van der Waals surface area (Å²) in [5.74, 6) is 0. The van der Waals surface area contributed by atoms with Crippen LogP contribution in [0.5, 0.6) is 0 Å². The fourth-order valence-corrected chi connectivity index (χ4v) is 3.28. The number of halogens is 1. The highest BCUT2D eigenvalue weighted by atomic mass is 35.5. The van der Waals surface area contributed by atoms with E-state index in [2.05, 4.69) is 15.0 Å². The largest absolute Gasteiger partial charge is 0.313 e. The van der Waals surface area contributed by atoms with Crippen molar-refractivity contribution in [2.75, 3.05) is 13.1 Å². The zero-order valence-electron chi connectivity index (χ0n) is 11.2. The molecule has 2 N–H and O–H groups in total. The maximum Gasteiger partial charge on any atom is 0.308 e. The normalized spacial score (nSPS) is 18.8. The van der Waals surface area contributed by atoms with E-state index in [1.807, 2.05) is 0 Å². The maximum atomic E-state index is 12.1. The molecule has 2 rings (SSSR count). The van der Waals surface area contributed by atoms with Crippen LogP contribution in [0.15, 0.2) is 23.4 Å². The summed E-state index contributed by atoms with van der Waals surface area (Å²) in [5, 5.41) is 13.5. The summed E-state index contributed by atoms with van der Waals surface area (Å²) in [6.45, 7) is 1.06. The third-order valence-electron chi connectivity index (χ3n) is 3.13.